The lowest BCUT2D eigenvalue weighted by Gasteiger charge is -2.13. The van der Waals surface area contributed by atoms with E-state index in [4.69, 9.17) is 0 Å². The summed E-state index contributed by atoms with van der Waals surface area (Å²) in [6.07, 6.45) is 0. The van der Waals surface area contributed by atoms with Gasteiger partial charge in [-0.2, -0.15) is 0 Å². The number of nitro groups is 3. The van der Waals surface area contributed by atoms with E-state index >= 15 is 0 Å². The van der Waals surface area contributed by atoms with Crippen LogP contribution in [0.1, 0.15) is 15.9 Å². The lowest BCUT2D eigenvalue weighted by molar-refractivity contribution is -0.401. The summed E-state index contributed by atoms with van der Waals surface area (Å²) in [6, 6.07) is 14.1. The molecule has 0 atom stereocenters. The molecule has 0 radical (unpaired) electrons. The maximum absolute atomic E-state index is 12.8. The van der Waals surface area contributed by atoms with Crippen LogP contribution in [0.15, 0.2) is 60.7 Å². The summed E-state index contributed by atoms with van der Waals surface area (Å²) in [5.74, 6) is -0.564. The van der Waals surface area contributed by atoms with Gasteiger partial charge in [-0.05, 0) is 36.8 Å². The van der Waals surface area contributed by atoms with Gasteiger partial charge in [-0.3, -0.25) is 35.1 Å². The molecule has 0 aliphatic rings. The summed E-state index contributed by atoms with van der Waals surface area (Å²) in [7, 11) is 0. The van der Waals surface area contributed by atoms with E-state index in [1.807, 2.05) is 13.0 Å². The van der Waals surface area contributed by atoms with Gasteiger partial charge in [0.15, 0.2) is 5.69 Å². The number of nitro benzene ring substituents is 3. The quantitative estimate of drug-likeness (QED) is 0.395. The number of hydrogen-bond acceptors (Lipinski definition) is 8. The maximum Gasteiger partial charge on any atom is 0.306 e. The van der Waals surface area contributed by atoms with E-state index in [0.717, 1.165) is 5.56 Å². The number of para-hydroxylation sites is 1. The van der Waals surface area contributed by atoms with Gasteiger partial charge in [-0.1, -0.05) is 24.3 Å². The second-order valence-corrected chi connectivity index (χ2v) is 6.62. The van der Waals surface area contributed by atoms with Gasteiger partial charge in [0.2, 0.25) is 0 Å². The summed E-state index contributed by atoms with van der Waals surface area (Å²) in [4.78, 5) is 43.9. The van der Waals surface area contributed by atoms with Crippen LogP contribution in [0.2, 0.25) is 0 Å². The number of carbonyl (C=O) groups excluding carboxylic acids is 1. The lowest BCUT2D eigenvalue weighted by atomic mass is 10.1. The molecule has 0 fully saturated rings. The highest BCUT2D eigenvalue weighted by molar-refractivity contribution is 6.08. The highest BCUT2D eigenvalue weighted by Crippen LogP contribution is 2.40. The highest BCUT2D eigenvalue weighted by atomic mass is 16.6. The number of amides is 1. The molecule has 12 nitrogen and oxygen atoms in total. The Kier molecular flexibility index (Phi) is 6.05. The first-order chi connectivity index (χ1) is 15.2. The molecule has 0 unspecified atom stereocenters. The Morgan fingerprint density at radius 2 is 1.44 bits per heavy atom. The number of carbonyl (C=O) groups is 1. The number of nitrogens with one attached hydrogen (secondary N) is 2. The predicted molar refractivity (Wildman–Crippen MR) is 115 cm³/mol. The zero-order valence-corrected chi connectivity index (χ0v) is 16.5. The SMILES string of the molecule is Cc1cccc(NC(=O)c2ccccc2Nc2c([N+](=O)[O-])cc([N+](=O)[O-])cc2[N+](=O)[O-])c1. The zero-order valence-electron chi connectivity index (χ0n) is 16.5. The molecule has 0 aliphatic heterocycles. The van der Waals surface area contributed by atoms with Crippen LogP contribution in [-0.2, 0) is 0 Å². The van der Waals surface area contributed by atoms with Crippen LogP contribution < -0.4 is 10.6 Å². The topological polar surface area (TPSA) is 171 Å². The van der Waals surface area contributed by atoms with E-state index in [9.17, 15) is 35.1 Å². The van der Waals surface area contributed by atoms with Crippen molar-refractivity contribution in [1.29, 1.82) is 0 Å². The summed E-state index contributed by atoms with van der Waals surface area (Å²) in [5, 5.41) is 39.3. The van der Waals surface area contributed by atoms with Crippen molar-refractivity contribution in [1.82, 2.24) is 0 Å². The third-order valence-corrected chi connectivity index (χ3v) is 4.39. The van der Waals surface area contributed by atoms with Crippen molar-refractivity contribution >= 4 is 40.0 Å². The van der Waals surface area contributed by atoms with Crippen LogP contribution in [-0.4, -0.2) is 20.7 Å². The summed E-state index contributed by atoms with van der Waals surface area (Å²) >= 11 is 0. The molecule has 0 heterocycles. The van der Waals surface area contributed by atoms with Crippen LogP contribution in [0.5, 0.6) is 0 Å². The smallest absolute Gasteiger partial charge is 0.306 e. The first-order valence-electron chi connectivity index (χ1n) is 9.02. The van der Waals surface area contributed by atoms with Gasteiger partial charge >= 0.3 is 11.4 Å². The maximum atomic E-state index is 12.8. The van der Waals surface area contributed by atoms with Crippen LogP contribution in [0.25, 0.3) is 0 Å². The Balaban J connectivity index is 2.06. The van der Waals surface area contributed by atoms with E-state index in [2.05, 4.69) is 10.6 Å². The Bertz CT molecular complexity index is 1220. The normalized spacial score (nSPS) is 10.3. The van der Waals surface area contributed by atoms with Gasteiger partial charge in [0, 0.05) is 5.69 Å². The molecule has 3 aromatic carbocycles. The number of nitrogens with zero attached hydrogens (tertiary/aromatic N) is 3. The fourth-order valence-electron chi connectivity index (χ4n) is 2.96. The average molecular weight is 437 g/mol. The Hall–Kier alpha value is -4.87. The number of benzene rings is 3. The number of hydrogen-bond donors (Lipinski definition) is 2. The molecule has 162 valence electrons. The molecule has 0 aromatic heterocycles. The van der Waals surface area contributed by atoms with Gasteiger partial charge in [-0.25, -0.2) is 0 Å². The second-order valence-electron chi connectivity index (χ2n) is 6.62. The minimum absolute atomic E-state index is 0.0395. The predicted octanol–water partition coefficient (Wildman–Crippen LogP) is 4.72. The Labute approximate surface area is 179 Å². The van der Waals surface area contributed by atoms with E-state index in [0.29, 0.717) is 17.8 Å². The van der Waals surface area contributed by atoms with Gasteiger partial charge in [0.1, 0.15) is 0 Å². The standard InChI is InChI=1S/C20H15N5O7/c1-12-5-4-6-13(9-12)21-20(26)15-7-2-3-8-16(15)22-19-17(24(29)30)10-14(23(27)28)11-18(19)25(31)32/h2-11,22H,1H3,(H,21,26). The van der Waals surface area contributed by atoms with Crippen molar-refractivity contribution in [3.8, 4) is 0 Å². The van der Waals surface area contributed by atoms with Crippen LogP contribution >= 0.6 is 0 Å². The molecule has 3 rings (SSSR count). The first kappa shape index (κ1) is 21.8. The second kappa shape index (κ2) is 8.87. The monoisotopic (exact) mass is 437 g/mol. The first-order valence-corrected chi connectivity index (χ1v) is 9.02. The molecular weight excluding hydrogens is 422 g/mol. The molecule has 3 aromatic rings. The van der Waals surface area contributed by atoms with Crippen molar-refractivity contribution in [3.05, 3.63) is 102 Å². The van der Waals surface area contributed by atoms with Gasteiger partial charge in [0.05, 0.1) is 38.2 Å². The summed E-state index contributed by atoms with van der Waals surface area (Å²) in [6.45, 7) is 1.85. The molecule has 2 N–H and O–H groups in total. The largest absolute Gasteiger partial charge is 0.344 e. The summed E-state index contributed by atoms with van der Waals surface area (Å²) in [5.41, 5.74) is -1.63. The number of rotatable bonds is 7. The molecule has 0 spiro atoms. The van der Waals surface area contributed by atoms with Gasteiger partial charge in [-0.15, -0.1) is 0 Å². The lowest BCUT2D eigenvalue weighted by Crippen LogP contribution is -2.14. The minimum Gasteiger partial charge on any atom is -0.344 e. The minimum atomic E-state index is -0.974. The van der Waals surface area contributed by atoms with Crippen molar-refractivity contribution in [2.24, 2.45) is 0 Å². The van der Waals surface area contributed by atoms with E-state index in [1.165, 1.54) is 18.2 Å². The molecule has 0 saturated heterocycles. The number of aryl methyl sites for hydroxylation is 1. The third-order valence-electron chi connectivity index (χ3n) is 4.39. The Morgan fingerprint density at radius 3 is 2.00 bits per heavy atom. The number of anilines is 3. The van der Waals surface area contributed by atoms with Crippen LogP contribution in [0.4, 0.5) is 34.1 Å². The summed E-state index contributed by atoms with van der Waals surface area (Å²) < 4.78 is 0. The molecule has 0 bridgehead atoms. The molecule has 0 aliphatic carbocycles. The van der Waals surface area contributed by atoms with Crippen LogP contribution in [0, 0.1) is 37.3 Å². The molecule has 32 heavy (non-hydrogen) atoms. The Morgan fingerprint density at radius 1 is 0.812 bits per heavy atom. The van der Waals surface area contributed by atoms with Crippen molar-refractivity contribution < 1.29 is 19.6 Å². The van der Waals surface area contributed by atoms with E-state index in [1.54, 1.807) is 24.3 Å². The fraction of sp³-hybridized carbons (Fsp3) is 0.0500. The fourth-order valence-corrected chi connectivity index (χ4v) is 2.96. The highest BCUT2D eigenvalue weighted by Gasteiger charge is 2.31. The molecule has 0 saturated carbocycles. The van der Waals surface area contributed by atoms with Gasteiger partial charge in [0.25, 0.3) is 11.6 Å². The van der Waals surface area contributed by atoms with E-state index in [-0.39, 0.29) is 11.3 Å². The van der Waals surface area contributed by atoms with Crippen LogP contribution in [0.3, 0.4) is 0 Å². The van der Waals surface area contributed by atoms with E-state index < -0.39 is 43.4 Å². The van der Waals surface area contributed by atoms with Crippen molar-refractivity contribution in [2.75, 3.05) is 10.6 Å². The molecule has 12 heteroatoms. The average Bonchev–Trinajstić information content (AvgIpc) is 2.73. The van der Waals surface area contributed by atoms with Crippen molar-refractivity contribution in [3.63, 3.8) is 0 Å². The molecule has 1 amide bonds. The molecular formula is C20H15N5O7. The zero-order chi connectivity index (χ0) is 23.4. The number of non-ortho nitro benzene ring substituents is 1. The van der Waals surface area contributed by atoms with Crippen molar-refractivity contribution in [2.45, 2.75) is 6.92 Å². The third kappa shape index (κ3) is 4.64. The van der Waals surface area contributed by atoms with Gasteiger partial charge < -0.3 is 10.6 Å².